The summed E-state index contributed by atoms with van der Waals surface area (Å²) in [5, 5.41) is 2.83. The highest BCUT2D eigenvalue weighted by atomic mass is 16.5. The standard InChI is InChI=1S/C11H18N4O2/c1-15-6-5-13-9(15)2-4-14-10(16)11(12)3-7-17-8-11/h5-6H,2-4,7-8,12H2,1H3,(H,14,16). The van der Waals surface area contributed by atoms with Crippen molar-refractivity contribution in [2.75, 3.05) is 19.8 Å². The fraction of sp³-hybridized carbons (Fsp3) is 0.636. The van der Waals surface area contributed by atoms with Crippen molar-refractivity contribution >= 4 is 5.91 Å². The summed E-state index contributed by atoms with van der Waals surface area (Å²) in [6, 6.07) is 0. The second-order valence-electron chi connectivity index (χ2n) is 4.42. The maximum atomic E-state index is 11.8. The van der Waals surface area contributed by atoms with Gasteiger partial charge in [0.25, 0.3) is 0 Å². The van der Waals surface area contributed by atoms with E-state index in [1.165, 1.54) is 0 Å². The molecular weight excluding hydrogens is 220 g/mol. The highest BCUT2D eigenvalue weighted by molar-refractivity contribution is 5.86. The van der Waals surface area contributed by atoms with Crippen LogP contribution in [0.4, 0.5) is 0 Å². The number of imidazole rings is 1. The van der Waals surface area contributed by atoms with Gasteiger partial charge in [0.15, 0.2) is 0 Å². The zero-order chi connectivity index (χ0) is 12.3. The van der Waals surface area contributed by atoms with Crippen LogP contribution in [0, 0.1) is 0 Å². The molecule has 1 amide bonds. The number of nitrogens with zero attached hydrogens (tertiary/aromatic N) is 2. The van der Waals surface area contributed by atoms with E-state index in [1.54, 1.807) is 6.20 Å². The van der Waals surface area contributed by atoms with Gasteiger partial charge in [0, 0.05) is 39.0 Å². The average Bonchev–Trinajstić information content (AvgIpc) is 2.89. The van der Waals surface area contributed by atoms with Crippen LogP contribution in [0.1, 0.15) is 12.2 Å². The summed E-state index contributed by atoms with van der Waals surface area (Å²) in [4.78, 5) is 16.0. The first-order chi connectivity index (χ1) is 8.12. The quantitative estimate of drug-likeness (QED) is 0.719. The van der Waals surface area contributed by atoms with Gasteiger partial charge in [-0.3, -0.25) is 4.79 Å². The van der Waals surface area contributed by atoms with Crippen molar-refractivity contribution < 1.29 is 9.53 Å². The number of aromatic nitrogens is 2. The van der Waals surface area contributed by atoms with Crippen molar-refractivity contribution in [3.05, 3.63) is 18.2 Å². The third kappa shape index (κ3) is 2.65. The van der Waals surface area contributed by atoms with E-state index in [1.807, 2.05) is 17.8 Å². The Morgan fingerprint density at radius 3 is 3.18 bits per heavy atom. The van der Waals surface area contributed by atoms with Crippen LogP contribution in [-0.4, -0.2) is 40.8 Å². The summed E-state index contributed by atoms with van der Waals surface area (Å²) in [5.74, 6) is 0.809. The zero-order valence-corrected chi connectivity index (χ0v) is 9.98. The molecule has 3 N–H and O–H groups in total. The first-order valence-corrected chi connectivity index (χ1v) is 5.73. The van der Waals surface area contributed by atoms with Gasteiger partial charge in [0.1, 0.15) is 11.4 Å². The van der Waals surface area contributed by atoms with Crippen molar-refractivity contribution in [3.8, 4) is 0 Å². The lowest BCUT2D eigenvalue weighted by molar-refractivity contribution is -0.126. The predicted octanol–water partition coefficient (Wildman–Crippen LogP) is -0.803. The highest BCUT2D eigenvalue weighted by Gasteiger charge is 2.37. The molecule has 0 aromatic carbocycles. The molecule has 1 fully saturated rings. The fourth-order valence-corrected chi connectivity index (χ4v) is 1.86. The molecular formula is C11H18N4O2. The van der Waals surface area contributed by atoms with Gasteiger partial charge >= 0.3 is 0 Å². The lowest BCUT2D eigenvalue weighted by Gasteiger charge is -2.20. The number of nitrogens with one attached hydrogen (secondary N) is 1. The smallest absolute Gasteiger partial charge is 0.242 e. The summed E-state index contributed by atoms with van der Waals surface area (Å²) in [7, 11) is 1.93. The van der Waals surface area contributed by atoms with Gasteiger partial charge in [-0.25, -0.2) is 4.98 Å². The number of amides is 1. The first kappa shape index (κ1) is 12.1. The summed E-state index contributed by atoms with van der Waals surface area (Å²) >= 11 is 0. The Morgan fingerprint density at radius 1 is 1.76 bits per heavy atom. The van der Waals surface area contributed by atoms with Crippen molar-refractivity contribution in [2.45, 2.75) is 18.4 Å². The first-order valence-electron chi connectivity index (χ1n) is 5.73. The van der Waals surface area contributed by atoms with Crippen molar-refractivity contribution in [1.82, 2.24) is 14.9 Å². The molecule has 17 heavy (non-hydrogen) atoms. The Labute approximate surface area is 100 Å². The summed E-state index contributed by atoms with van der Waals surface area (Å²) < 4.78 is 7.08. The minimum atomic E-state index is -0.846. The van der Waals surface area contributed by atoms with Crippen LogP contribution in [0.3, 0.4) is 0 Å². The Hall–Kier alpha value is -1.40. The molecule has 0 radical (unpaired) electrons. The molecule has 0 saturated carbocycles. The molecule has 2 heterocycles. The van der Waals surface area contributed by atoms with Gasteiger partial charge in [-0.15, -0.1) is 0 Å². The number of aryl methyl sites for hydroxylation is 1. The molecule has 6 nitrogen and oxygen atoms in total. The van der Waals surface area contributed by atoms with Gasteiger partial charge in [-0.2, -0.15) is 0 Å². The second-order valence-corrected chi connectivity index (χ2v) is 4.42. The van der Waals surface area contributed by atoms with Crippen LogP contribution in [0.5, 0.6) is 0 Å². The van der Waals surface area contributed by atoms with E-state index in [0.717, 1.165) is 5.82 Å². The summed E-state index contributed by atoms with van der Waals surface area (Å²) in [5.41, 5.74) is 5.09. The average molecular weight is 238 g/mol. The number of hydrogen-bond donors (Lipinski definition) is 2. The molecule has 94 valence electrons. The van der Waals surface area contributed by atoms with Crippen LogP contribution >= 0.6 is 0 Å². The maximum Gasteiger partial charge on any atom is 0.242 e. The predicted molar refractivity (Wildman–Crippen MR) is 62.3 cm³/mol. The lowest BCUT2D eigenvalue weighted by atomic mass is 9.99. The summed E-state index contributed by atoms with van der Waals surface area (Å²) in [6.45, 7) is 1.41. The molecule has 1 unspecified atom stereocenters. The molecule has 1 aromatic rings. The number of hydrogen-bond acceptors (Lipinski definition) is 4. The van der Waals surface area contributed by atoms with Crippen LogP contribution in [0.15, 0.2) is 12.4 Å². The number of ether oxygens (including phenoxy) is 1. The lowest BCUT2D eigenvalue weighted by Crippen LogP contribution is -2.54. The fourth-order valence-electron chi connectivity index (χ4n) is 1.86. The second kappa shape index (κ2) is 4.85. The van der Waals surface area contributed by atoms with E-state index < -0.39 is 5.54 Å². The minimum absolute atomic E-state index is 0.135. The molecule has 1 saturated heterocycles. The largest absolute Gasteiger partial charge is 0.379 e. The van der Waals surface area contributed by atoms with E-state index in [0.29, 0.717) is 32.6 Å². The topological polar surface area (TPSA) is 82.2 Å². The zero-order valence-electron chi connectivity index (χ0n) is 9.98. The molecule has 0 bridgehead atoms. The van der Waals surface area contributed by atoms with Crippen LogP contribution < -0.4 is 11.1 Å². The van der Waals surface area contributed by atoms with E-state index >= 15 is 0 Å². The Bertz CT molecular complexity index is 396. The van der Waals surface area contributed by atoms with Crippen molar-refractivity contribution in [1.29, 1.82) is 0 Å². The van der Waals surface area contributed by atoms with E-state index in [-0.39, 0.29) is 5.91 Å². The van der Waals surface area contributed by atoms with Gasteiger partial charge < -0.3 is 20.4 Å². The van der Waals surface area contributed by atoms with Gasteiger partial charge in [-0.1, -0.05) is 0 Å². The Balaban J connectivity index is 1.79. The van der Waals surface area contributed by atoms with Gasteiger partial charge in [0.2, 0.25) is 5.91 Å². The maximum absolute atomic E-state index is 11.8. The van der Waals surface area contributed by atoms with E-state index in [4.69, 9.17) is 10.5 Å². The molecule has 1 aliphatic heterocycles. The van der Waals surface area contributed by atoms with Crippen LogP contribution in [0.25, 0.3) is 0 Å². The molecule has 0 aliphatic carbocycles. The third-order valence-corrected chi connectivity index (χ3v) is 3.06. The SMILES string of the molecule is Cn1ccnc1CCNC(=O)C1(N)CCOC1. The molecule has 1 aromatic heterocycles. The minimum Gasteiger partial charge on any atom is -0.379 e. The van der Waals surface area contributed by atoms with Gasteiger partial charge in [-0.05, 0) is 6.42 Å². The monoisotopic (exact) mass is 238 g/mol. The number of nitrogens with two attached hydrogens (primary N) is 1. The summed E-state index contributed by atoms with van der Waals surface area (Å²) in [6.07, 6.45) is 4.91. The molecule has 0 spiro atoms. The number of rotatable bonds is 4. The number of carbonyl (C=O) groups excluding carboxylic acids is 1. The van der Waals surface area contributed by atoms with Crippen molar-refractivity contribution in [3.63, 3.8) is 0 Å². The van der Waals surface area contributed by atoms with Crippen LogP contribution in [0.2, 0.25) is 0 Å². The van der Waals surface area contributed by atoms with Crippen molar-refractivity contribution in [2.24, 2.45) is 12.8 Å². The number of carbonyl (C=O) groups is 1. The molecule has 1 atom stereocenters. The Morgan fingerprint density at radius 2 is 2.59 bits per heavy atom. The van der Waals surface area contributed by atoms with E-state index in [9.17, 15) is 4.79 Å². The van der Waals surface area contributed by atoms with Crippen LogP contribution in [-0.2, 0) is 23.0 Å². The molecule has 1 aliphatic rings. The molecule has 2 rings (SSSR count). The third-order valence-electron chi connectivity index (χ3n) is 3.06. The molecule has 6 heteroatoms. The highest BCUT2D eigenvalue weighted by Crippen LogP contribution is 2.15. The van der Waals surface area contributed by atoms with E-state index in [2.05, 4.69) is 10.3 Å². The normalized spacial score (nSPS) is 23.9. The van der Waals surface area contributed by atoms with Gasteiger partial charge in [0.05, 0.1) is 6.61 Å². The Kier molecular flexibility index (Phi) is 3.44.